The topological polar surface area (TPSA) is 46.2 Å². The Morgan fingerprint density at radius 1 is 1.10 bits per heavy atom. The Morgan fingerprint density at radius 2 is 1.67 bits per heavy atom. The van der Waals surface area contributed by atoms with Crippen LogP contribution in [-0.4, -0.2) is 15.0 Å². The van der Waals surface area contributed by atoms with Crippen molar-refractivity contribution in [3.8, 4) is 0 Å². The standard InChI is InChI=1S/C15H15BrFNO2S/c1-11-2-8-14(9-3-11)21(19,20)18-10-15(17)12-4-6-13(16)7-5-12/h2-9,15,18H,10H2,1H3. The van der Waals surface area contributed by atoms with E-state index in [0.717, 1.165) is 10.0 Å². The highest BCUT2D eigenvalue weighted by molar-refractivity contribution is 9.10. The lowest BCUT2D eigenvalue weighted by Crippen LogP contribution is -2.27. The van der Waals surface area contributed by atoms with Crippen molar-refractivity contribution in [2.75, 3.05) is 6.54 Å². The molecular formula is C15H15BrFNO2S. The number of aryl methyl sites for hydroxylation is 1. The van der Waals surface area contributed by atoms with E-state index in [0.29, 0.717) is 5.56 Å². The first kappa shape index (κ1) is 16.1. The molecular weight excluding hydrogens is 357 g/mol. The number of hydrogen-bond acceptors (Lipinski definition) is 2. The molecule has 0 aliphatic rings. The van der Waals surface area contributed by atoms with E-state index in [1.165, 1.54) is 12.1 Å². The number of hydrogen-bond donors (Lipinski definition) is 1. The maximum absolute atomic E-state index is 14.0. The number of benzene rings is 2. The van der Waals surface area contributed by atoms with Crippen LogP contribution in [0.15, 0.2) is 57.9 Å². The quantitative estimate of drug-likeness (QED) is 0.869. The fourth-order valence-corrected chi connectivity index (χ4v) is 3.06. The van der Waals surface area contributed by atoms with Crippen LogP contribution in [0.25, 0.3) is 0 Å². The van der Waals surface area contributed by atoms with Crippen molar-refractivity contribution in [2.24, 2.45) is 0 Å². The third-order valence-electron chi connectivity index (χ3n) is 3.02. The normalized spacial score (nSPS) is 13.1. The molecule has 2 aromatic rings. The van der Waals surface area contributed by atoms with E-state index < -0.39 is 16.2 Å². The van der Waals surface area contributed by atoms with Crippen molar-refractivity contribution < 1.29 is 12.8 Å². The molecule has 21 heavy (non-hydrogen) atoms. The first-order valence-corrected chi connectivity index (χ1v) is 8.62. The van der Waals surface area contributed by atoms with Crippen LogP contribution in [-0.2, 0) is 10.0 Å². The summed E-state index contributed by atoms with van der Waals surface area (Å²) in [5, 5.41) is 0. The first-order valence-electron chi connectivity index (χ1n) is 6.34. The van der Waals surface area contributed by atoms with Gasteiger partial charge < -0.3 is 0 Å². The maximum Gasteiger partial charge on any atom is 0.240 e. The molecule has 0 heterocycles. The molecule has 6 heteroatoms. The third kappa shape index (κ3) is 4.36. The minimum absolute atomic E-state index is 0.135. The molecule has 0 saturated carbocycles. The molecule has 2 aromatic carbocycles. The van der Waals surface area contributed by atoms with E-state index in [-0.39, 0.29) is 11.4 Å². The van der Waals surface area contributed by atoms with Crippen LogP contribution in [0, 0.1) is 6.92 Å². The summed E-state index contributed by atoms with van der Waals surface area (Å²) in [6.07, 6.45) is -1.39. The molecule has 1 atom stereocenters. The van der Waals surface area contributed by atoms with Gasteiger partial charge in [0.25, 0.3) is 0 Å². The fourth-order valence-electron chi connectivity index (χ4n) is 1.77. The van der Waals surface area contributed by atoms with Crippen LogP contribution in [0.3, 0.4) is 0 Å². The van der Waals surface area contributed by atoms with Crippen LogP contribution < -0.4 is 4.72 Å². The summed E-state index contributed by atoms with van der Waals surface area (Å²) in [5.41, 5.74) is 1.40. The van der Waals surface area contributed by atoms with Gasteiger partial charge in [0.2, 0.25) is 10.0 Å². The fraction of sp³-hybridized carbons (Fsp3) is 0.200. The zero-order valence-electron chi connectivity index (χ0n) is 11.4. The van der Waals surface area contributed by atoms with E-state index in [1.54, 1.807) is 36.4 Å². The smallest absolute Gasteiger partial charge is 0.240 e. The van der Waals surface area contributed by atoms with Crippen molar-refractivity contribution in [3.63, 3.8) is 0 Å². The van der Waals surface area contributed by atoms with Crippen LogP contribution >= 0.6 is 15.9 Å². The van der Waals surface area contributed by atoms with Crippen LogP contribution in [0.5, 0.6) is 0 Å². The van der Waals surface area contributed by atoms with Crippen molar-refractivity contribution in [1.29, 1.82) is 0 Å². The molecule has 0 aromatic heterocycles. The zero-order chi connectivity index (χ0) is 15.5. The molecule has 0 saturated heterocycles. The Morgan fingerprint density at radius 3 is 2.24 bits per heavy atom. The number of sulfonamides is 1. The van der Waals surface area contributed by atoms with Crippen molar-refractivity contribution in [1.82, 2.24) is 4.72 Å². The van der Waals surface area contributed by atoms with Crippen LogP contribution in [0.4, 0.5) is 4.39 Å². The van der Waals surface area contributed by atoms with E-state index in [2.05, 4.69) is 20.7 Å². The summed E-state index contributed by atoms with van der Waals surface area (Å²) in [5.74, 6) is 0. The van der Waals surface area contributed by atoms with Crippen LogP contribution in [0.1, 0.15) is 17.3 Å². The van der Waals surface area contributed by atoms with Gasteiger partial charge in [-0.2, -0.15) is 0 Å². The highest BCUT2D eigenvalue weighted by Crippen LogP contribution is 2.20. The third-order valence-corrected chi connectivity index (χ3v) is 4.98. The van der Waals surface area contributed by atoms with Gasteiger partial charge >= 0.3 is 0 Å². The molecule has 0 fully saturated rings. The number of nitrogens with one attached hydrogen (secondary N) is 1. The van der Waals surface area contributed by atoms with E-state index in [4.69, 9.17) is 0 Å². The lowest BCUT2D eigenvalue weighted by Gasteiger charge is -2.11. The molecule has 3 nitrogen and oxygen atoms in total. The number of halogens is 2. The van der Waals surface area contributed by atoms with Gasteiger partial charge in [-0.1, -0.05) is 45.8 Å². The van der Waals surface area contributed by atoms with Gasteiger partial charge in [-0.25, -0.2) is 17.5 Å². The van der Waals surface area contributed by atoms with E-state index in [1.807, 2.05) is 6.92 Å². The van der Waals surface area contributed by atoms with Crippen LogP contribution in [0.2, 0.25) is 0 Å². The highest BCUT2D eigenvalue weighted by atomic mass is 79.9. The minimum atomic E-state index is -3.69. The summed E-state index contributed by atoms with van der Waals surface area (Å²) in [4.78, 5) is 0.135. The molecule has 1 N–H and O–H groups in total. The Kier molecular flexibility index (Phi) is 5.13. The summed E-state index contributed by atoms with van der Waals surface area (Å²) in [6.45, 7) is 1.58. The van der Waals surface area contributed by atoms with Gasteiger partial charge in [0.15, 0.2) is 0 Å². The van der Waals surface area contributed by atoms with Crippen molar-refractivity contribution in [2.45, 2.75) is 18.0 Å². The van der Waals surface area contributed by atoms with Gasteiger partial charge in [0, 0.05) is 11.0 Å². The average Bonchev–Trinajstić information content (AvgIpc) is 2.46. The highest BCUT2D eigenvalue weighted by Gasteiger charge is 2.17. The van der Waals surface area contributed by atoms with Crippen molar-refractivity contribution in [3.05, 3.63) is 64.1 Å². The number of rotatable bonds is 5. The zero-order valence-corrected chi connectivity index (χ0v) is 13.8. The van der Waals surface area contributed by atoms with E-state index in [9.17, 15) is 12.8 Å². The predicted octanol–water partition coefficient (Wildman–Crippen LogP) is 3.75. The molecule has 0 bridgehead atoms. The largest absolute Gasteiger partial charge is 0.241 e. The lowest BCUT2D eigenvalue weighted by molar-refractivity contribution is 0.343. The van der Waals surface area contributed by atoms with Gasteiger partial charge in [-0.15, -0.1) is 0 Å². The Hall–Kier alpha value is -1.24. The molecule has 0 spiro atoms. The Bertz CT molecular complexity index is 699. The SMILES string of the molecule is Cc1ccc(S(=O)(=O)NCC(F)c2ccc(Br)cc2)cc1. The molecule has 0 amide bonds. The number of alkyl halides is 1. The average molecular weight is 372 g/mol. The molecule has 1 unspecified atom stereocenters. The summed E-state index contributed by atoms with van der Waals surface area (Å²) in [6, 6.07) is 13.1. The van der Waals surface area contributed by atoms with Gasteiger partial charge in [0.1, 0.15) is 6.17 Å². The van der Waals surface area contributed by atoms with Crippen molar-refractivity contribution >= 4 is 26.0 Å². The van der Waals surface area contributed by atoms with E-state index >= 15 is 0 Å². The molecule has 2 rings (SSSR count). The van der Waals surface area contributed by atoms with Gasteiger partial charge in [0.05, 0.1) is 4.90 Å². The first-order chi connectivity index (χ1) is 9.88. The monoisotopic (exact) mass is 371 g/mol. The molecule has 0 aliphatic carbocycles. The van der Waals surface area contributed by atoms with Gasteiger partial charge in [-0.3, -0.25) is 0 Å². The lowest BCUT2D eigenvalue weighted by atomic mass is 10.1. The second-order valence-electron chi connectivity index (χ2n) is 4.68. The Balaban J connectivity index is 2.04. The summed E-state index contributed by atoms with van der Waals surface area (Å²) >= 11 is 3.27. The van der Waals surface area contributed by atoms with Gasteiger partial charge in [-0.05, 0) is 36.8 Å². The molecule has 112 valence electrons. The maximum atomic E-state index is 14.0. The summed E-state index contributed by atoms with van der Waals surface area (Å²) < 4.78 is 41.3. The molecule has 0 aliphatic heterocycles. The second-order valence-corrected chi connectivity index (χ2v) is 7.37. The molecule has 0 radical (unpaired) electrons. The predicted molar refractivity (Wildman–Crippen MR) is 84.4 cm³/mol. The Labute approximate surface area is 132 Å². The minimum Gasteiger partial charge on any atom is -0.241 e. The summed E-state index contributed by atoms with van der Waals surface area (Å²) in [7, 11) is -3.69. The second kappa shape index (κ2) is 6.68.